The number of carbonyl (C=O) groups is 1. The molecule has 126 valence electrons. The number of hydrogen-bond acceptors (Lipinski definition) is 6. The zero-order valence-electron chi connectivity index (χ0n) is 12.5. The molecule has 1 aliphatic rings. The number of anilines is 1. The van der Waals surface area contributed by atoms with Gasteiger partial charge in [-0.25, -0.2) is 9.40 Å². The summed E-state index contributed by atoms with van der Waals surface area (Å²) in [7, 11) is 0. The summed E-state index contributed by atoms with van der Waals surface area (Å²) in [6.45, 7) is 0. The van der Waals surface area contributed by atoms with Gasteiger partial charge in [-0.05, 0) is 42.1 Å². The number of nitro benzene ring substituents is 1. The summed E-state index contributed by atoms with van der Waals surface area (Å²) >= 11 is 6.23. The molecule has 0 atom stereocenters. The van der Waals surface area contributed by atoms with Crippen molar-refractivity contribution in [1.82, 2.24) is 5.01 Å². The summed E-state index contributed by atoms with van der Waals surface area (Å²) in [5.41, 5.74) is 3.33. The monoisotopic (exact) mass is 375 g/mol. The standard InChI is InChI=1S/C16H10FN3O3S2/c17-11-7-5-10(6-8-11)9-14-15(21)19(16(24)25-14)18-12-3-1-2-4-13(12)20(22)23/h1-9,18H/b14-9+. The zero-order chi connectivity index (χ0) is 18.0. The van der Waals surface area contributed by atoms with Crippen LogP contribution in [0.15, 0.2) is 53.4 Å². The maximum absolute atomic E-state index is 13.0. The fourth-order valence-electron chi connectivity index (χ4n) is 2.12. The molecule has 0 bridgehead atoms. The Morgan fingerprint density at radius 2 is 1.88 bits per heavy atom. The molecule has 1 amide bonds. The Balaban J connectivity index is 1.85. The van der Waals surface area contributed by atoms with Crippen molar-refractivity contribution in [3.8, 4) is 0 Å². The Kier molecular flexibility index (Phi) is 4.77. The van der Waals surface area contributed by atoms with E-state index in [1.165, 1.54) is 42.5 Å². The number of halogens is 1. The molecule has 0 unspecified atom stereocenters. The highest BCUT2D eigenvalue weighted by atomic mass is 32.2. The predicted octanol–water partition coefficient (Wildman–Crippen LogP) is 3.96. The molecule has 1 heterocycles. The van der Waals surface area contributed by atoms with Crippen molar-refractivity contribution in [2.24, 2.45) is 0 Å². The number of nitro groups is 1. The van der Waals surface area contributed by atoms with Crippen LogP contribution in [0.5, 0.6) is 0 Å². The second kappa shape index (κ2) is 6.99. The second-order valence-electron chi connectivity index (χ2n) is 4.95. The minimum absolute atomic E-state index is 0.159. The molecule has 0 aliphatic carbocycles. The molecule has 0 aromatic heterocycles. The van der Waals surface area contributed by atoms with Gasteiger partial charge in [0.1, 0.15) is 11.5 Å². The van der Waals surface area contributed by atoms with Crippen molar-refractivity contribution in [2.45, 2.75) is 0 Å². The highest BCUT2D eigenvalue weighted by molar-refractivity contribution is 8.26. The molecule has 0 saturated carbocycles. The third-order valence-electron chi connectivity index (χ3n) is 3.29. The Bertz CT molecular complexity index is 900. The first kappa shape index (κ1) is 17.1. The number of hydrazine groups is 1. The van der Waals surface area contributed by atoms with E-state index in [9.17, 15) is 19.3 Å². The summed E-state index contributed by atoms with van der Waals surface area (Å²) in [6, 6.07) is 11.6. The predicted molar refractivity (Wildman–Crippen MR) is 98.1 cm³/mol. The van der Waals surface area contributed by atoms with Crippen molar-refractivity contribution < 1.29 is 14.1 Å². The Morgan fingerprint density at radius 3 is 2.56 bits per heavy atom. The van der Waals surface area contributed by atoms with Gasteiger partial charge in [-0.15, -0.1) is 0 Å². The van der Waals surface area contributed by atoms with E-state index in [1.54, 1.807) is 12.1 Å². The van der Waals surface area contributed by atoms with Gasteiger partial charge in [-0.1, -0.05) is 36.0 Å². The number of nitrogens with zero attached hydrogens (tertiary/aromatic N) is 2. The molecule has 1 fully saturated rings. The number of rotatable bonds is 4. The number of hydrogen-bond donors (Lipinski definition) is 1. The van der Waals surface area contributed by atoms with Gasteiger partial charge in [0, 0.05) is 6.07 Å². The number of nitrogens with one attached hydrogen (secondary N) is 1. The van der Waals surface area contributed by atoms with Crippen LogP contribution in [0.1, 0.15) is 5.56 Å². The maximum Gasteiger partial charge on any atom is 0.294 e. The van der Waals surface area contributed by atoms with Crippen LogP contribution < -0.4 is 5.43 Å². The first-order valence-electron chi connectivity index (χ1n) is 6.99. The number of amides is 1. The minimum atomic E-state index is -0.547. The SMILES string of the molecule is O=C1/C(=C\c2ccc(F)cc2)SC(=S)N1Nc1ccccc1[N+](=O)[O-]. The van der Waals surface area contributed by atoms with Crippen LogP contribution in [0.25, 0.3) is 6.08 Å². The van der Waals surface area contributed by atoms with Crippen LogP contribution in [0.2, 0.25) is 0 Å². The van der Waals surface area contributed by atoms with Gasteiger partial charge in [-0.3, -0.25) is 20.3 Å². The van der Waals surface area contributed by atoms with Crippen molar-refractivity contribution in [3.63, 3.8) is 0 Å². The Morgan fingerprint density at radius 1 is 1.20 bits per heavy atom. The Hall–Kier alpha value is -2.78. The van der Waals surface area contributed by atoms with E-state index in [4.69, 9.17) is 12.2 Å². The molecule has 0 spiro atoms. The van der Waals surface area contributed by atoms with Crippen LogP contribution in [0, 0.1) is 15.9 Å². The Labute approximate surface area is 151 Å². The number of benzene rings is 2. The largest absolute Gasteiger partial charge is 0.294 e. The summed E-state index contributed by atoms with van der Waals surface area (Å²) in [5, 5.41) is 12.2. The van der Waals surface area contributed by atoms with Gasteiger partial charge in [0.15, 0.2) is 4.32 Å². The van der Waals surface area contributed by atoms with E-state index < -0.39 is 10.8 Å². The first-order chi connectivity index (χ1) is 12.0. The van der Waals surface area contributed by atoms with E-state index in [2.05, 4.69) is 5.43 Å². The number of thioether (sulfide) groups is 1. The topological polar surface area (TPSA) is 75.5 Å². The van der Waals surface area contributed by atoms with Crippen LogP contribution >= 0.6 is 24.0 Å². The smallest absolute Gasteiger partial charge is 0.283 e. The van der Waals surface area contributed by atoms with Gasteiger partial charge in [0.05, 0.1) is 9.83 Å². The van der Waals surface area contributed by atoms with E-state index in [-0.39, 0.29) is 21.5 Å². The highest BCUT2D eigenvalue weighted by Gasteiger charge is 2.33. The number of carbonyl (C=O) groups excluding carboxylic acids is 1. The lowest BCUT2D eigenvalue weighted by molar-refractivity contribution is -0.384. The van der Waals surface area contributed by atoms with Crippen LogP contribution in [-0.4, -0.2) is 20.2 Å². The molecule has 0 radical (unpaired) electrons. The maximum atomic E-state index is 13.0. The quantitative estimate of drug-likeness (QED) is 0.377. The molecule has 2 aromatic rings. The van der Waals surface area contributed by atoms with E-state index >= 15 is 0 Å². The van der Waals surface area contributed by atoms with Gasteiger partial charge >= 0.3 is 0 Å². The zero-order valence-corrected chi connectivity index (χ0v) is 14.1. The summed E-state index contributed by atoms with van der Waals surface area (Å²) in [5.74, 6) is -0.805. The molecular formula is C16H10FN3O3S2. The van der Waals surface area contributed by atoms with Gasteiger partial charge < -0.3 is 0 Å². The molecule has 6 nitrogen and oxygen atoms in total. The van der Waals surface area contributed by atoms with Crippen molar-refractivity contribution in [3.05, 3.63) is 74.9 Å². The van der Waals surface area contributed by atoms with E-state index in [1.807, 2.05) is 0 Å². The van der Waals surface area contributed by atoms with E-state index in [0.29, 0.717) is 10.5 Å². The first-order valence-corrected chi connectivity index (χ1v) is 8.22. The van der Waals surface area contributed by atoms with Gasteiger partial charge in [-0.2, -0.15) is 0 Å². The fraction of sp³-hybridized carbons (Fsp3) is 0. The highest BCUT2D eigenvalue weighted by Crippen LogP contribution is 2.34. The van der Waals surface area contributed by atoms with Crippen LogP contribution in [-0.2, 0) is 4.79 Å². The van der Waals surface area contributed by atoms with Crippen molar-refractivity contribution in [1.29, 1.82) is 0 Å². The molecule has 2 aromatic carbocycles. The molecule has 1 saturated heterocycles. The van der Waals surface area contributed by atoms with Gasteiger partial charge in [0.2, 0.25) is 0 Å². The minimum Gasteiger partial charge on any atom is -0.283 e. The fourth-order valence-corrected chi connectivity index (χ4v) is 3.30. The molecule has 9 heteroatoms. The van der Waals surface area contributed by atoms with Crippen molar-refractivity contribution >= 4 is 51.7 Å². The third kappa shape index (κ3) is 3.67. The van der Waals surface area contributed by atoms with Crippen LogP contribution in [0.3, 0.4) is 0 Å². The van der Waals surface area contributed by atoms with Crippen molar-refractivity contribution in [2.75, 3.05) is 5.43 Å². The molecule has 25 heavy (non-hydrogen) atoms. The molecular weight excluding hydrogens is 365 g/mol. The number of para-hydroxylation sites is 2. The number of thiocarbonyl (C=S) groups is 1. The lowest BCUT2D eigenvalue weighted by atomic mass is 10.2. The average molecular weight is 375 g/mol. The van der Waals surface area contributed by atoms with Crippen LogP contribution in [0.4, 0.5) is 15.8 Å². The average Bonchev–Trinajstić information content (AvgIpc) is 2.85. The second-order valence-corrected chi connectivity index (χ2v) is 6.63. The summed E-state index contributed by atoms with van der Waals surface area (Å²) < 4.78 is 13.2. The lowest BCUT2D eigenvalue weighted by Crippen LogP contribution is -2.34. The summed E-state index contributed by atoms with van der Waals surface area (Å²) in [4.78, 5) is 23.4. The third-order valence-corrected chi connectivity index (χ3v) is 4.60. The molecule has 1 N–H and O–H groups in total. The van der Waals surface area contributed by atoms with E-state index in [0.717, 1.165) is 16.8 Å². The summed E-state index contributed by atoms with van der Waals surface area (Å²) in [6.07, 6.45) is 1.58. The normalized spacial score (nSPS) is 15.7. The molecule has 3 rings (SSSR count). The lowest BCUT2D eigenvalue weighted by Gasteiger charge is -2.16. The molecule has 1 aliphatic heterocycles. The van der Waals surface area contributed by atoms with Gasteiger partial charge in [0.25, 0.3) is 11.6 Å².